The number of amides is 2. The van der Waals surface area contributed by atoms with Crippen LogP contribution in [0.4, 0.5) is 26.3 Å². The molecule has 2 unspecified atom stereocenters. The lowest BCUT2D eigenvalue weighted by atomic mass is 10.0. The van der Waals surface area contributed by atoms with Crippen molar-refractivity contribution in [2.75, 3.05) is 6.54 Å². The quantitative estimate of drug-likeness (QED) is 0.252. The van der Waals surface area contributed by atoms with Crippen molar-refractivity contribution in [3.05, 3.63) is 75.2 Å². The van der Waals surface area contributed by atoms with Crippen LogP contribution in [0.2, 0.25) is 5.02 Å². The molecular formula is C23H20ClF6N5O4. The largest absolute Gasteiger partial charge is 0.416 e. The molecule has 2 aromatic carbocycles. The van der Waals surface area contributed by atoms with Crippen LogP contribution < -0.4 is 16.3 Å². The standard InChI is InChI=1S/C23H20ClF6N5O4/c24-16-6-4-13(5-7-16)20-33-35(21(39)34(20)10-18(37)23(28,29)30)11-19(38)31-9-17(32-12-36)14-2-1-3-15(8-14)22(25,26)27/h1-8,12,17-18,37H,9-11H2,(H,31,38)(H,32,36). The number of aromatic nitrogens is 3. The molecule has 3 N–H and O–H groups in total. The maximum Gasteiger partial charge on any atom is 0.416 e. The van der Waals surface area contributed by atoms with E-state index in [2.05, 4.69) is 15.7 Å². The first-order chi connectivity index (χ1) is 18.2. The molecule has 16 heteroatoms. The summed E-state index contributed by atoms with van der Waals surface area (Å²) in [6.45, 7) is -2.38. The summed E-state index contributed by atoms with van der Waals surface area (Å²) in [4.78, 5) is 36.4. The van der Waals surface area contributed by atoms with Gasteiger partial charge in [-0.05, 0) is 42.0 Å². The number of carbonyl (C=O) groups excluding carboxylic acids is 2. The van der Waals surface area contributed by atoms with Crippen LogP contribution in [0.15, 0.2) is 53.3 Å². The zero-order valence-electron chi connectivity index (χ0n) is 19.6. The predicted octanol–water partition coefficient (Wildman–Crippen LogP) is 2.91. The van der Waals surface area contributed by atoms with E-state index in [0.29, 0.717) is 14.3 Å². The molecule has 210 valence electrons. The van der Waals surface area contributed by atoms with Gasteiger partial charge in [-0.3, -0.25) is 14.2 Å². The first-order valence-electron chi connectivity index (χ1n) is 11.0. The highest BCUT2D eigenvalue weighted by molar-refractivity contribution is 6.30. The van der Waals surface area contributed by atoms with E-state index in [1.807, 2.05) is 0 Å². The van der Waals surface area contributed by atoms with Crippen LogP contribution in [0, 0.1) is 0 Å². The van der Waals surface area contributed by atoms with Gasteiger partial charge in [0.1, 0.15) is 6.54 Å². The fourth-order valence-corrected chi connectivity index (χ4v) is 3.62. The number of benzene rings is 2. The Hall–Kier alpha value is -3.85. The average Bonchev–Trinajstić information content (AvgIpc) is 3.16. The number of halogens is 7. The van der Waals surface area contributed by atoms with Gasteiger partial charge in [0.05, 0.1) is 18.2 Å². The third-order valence-electron chi connectivity index (χ3n) is 5.44. The first-order valence-corrected chi connectivity index (χ1v) is 11.4. The summed E-state index contributed by atoms with van der Waals surface area (Å²) in [7, 11) is 0. The highest BCUT2D eigenvalue weighted by Crippen LogP contribution is 2.30. The Kier molecular flexibility index (Phi) is 9.07. The van der Waals surface area contributed by atoms with Crippen LogP contribution in [0.25, 0.3) is 11.4 Å². The third-order valence-corrected chi connectivity index (χ3v) is 5.69. The van der Waals surface area contributed by atoms with Crippen molar-refractivity contribution in [3.8, 4) is 11.4 Å². The van der Waals surface area contributed by atoms with Gasteiger partial charge < -0.3 is 15.7 Å². The van der Waals surface area contributed by atoms with Crippen molar-refractivity contribution in [2.24, 2.45) is 0 Å². The molecule has 2 amide bonds. The molecule has 0 radical (unpaired) electrons. The van der Waals surface area contributed by atoms with E-state index >= 15 is 0 Å². The lowest BCUT2D eigenvalue weighted by Gasteiger charge is -2.18. The SMILES string of the molecule is O=CNC(CNC(=O)Cn1nc(-c2ccc(Cl)cc2)n(CC(O)C(F)(F)F)c1=O)c1cccc(C(F)(F)F)c1. The van der Waals surface area contributed by atoms with E-state index < -0.39 is 54.7 Å². The molecule has 0 aliphatic heterocycles. The Morgan fingerprint density at radius 3 is 2.36 bits per heavy atom. The molecule has 0 bridgehead atoms. The van der Waals surface area contributed by atoms with Gasteiger partial charge >= 0.3 is 18.0 Å². The van der Waals surface area contributed by atoms with Crippen LogP contribution in [-0.2, 0) is 28.9 Å². The van der Waals surface area contributed by atoms with Gasteiger partial charge in [-0.25, -0.2) is 9.48 Å². The second kappa shape index (κ2) is 11.9. The molecule has 0 saturated heterocycles. The lowest BCUT2D eigenvalue weighted by molar-refractivity contribution is -0.207. The molecule has 3 rings (SSSR count). The Morgan fingerprint density at radius 1 is 1.10 bits per heavy atom. The normalized spacial score (nSPS) is 13.5. The van der Waals surface area contributed by atoms with Crippen LogP contribution in [0.3, 0.4) is 0 Å². The lowest BCUT2D eigenvalue weighted by Crippen LogP contribution is -2.40. The molecule has 0 aliphatic carbocycles. The number of rotatable bonds is 10. The van der Waals surface area contributed by atoms with E-state index in [-0.39, 0.29) is 29.9 Å². The van der Waals surface area contributed by atoms with E-state index in [1.54, 1.807) is 0 Å². The van der Waals surface area contributed by atoms with Gasteiger partial charge in [0.2, 0.25) is 12.3 Å². The topological polar surface area (TPSA) is 118 Å². The molecule has 3 aromatic rings. The fourth-order valence-electron chi connectivity index (χ4n) is 3.49. The van der Waals surface area contributed by atoms with Crippen molar-refractivity contribution in [2.45, 2.75) is 37.6 Å². The highest BCUT2D eigenvalue weighted by atomic mass is 35.5. The smallest absolute Gasteiger partial charge is 0.382 e. The monoisotopic (exact) mass is 579 g/mol. The minimum atomic E-state index is -5.04. The van der Waals surface area contributed by atoms with Crippen LogP contribution in [0.1, 0.15) is 17.2 Å². The molecule has 0 saturated carbocycles. The van der Waals surface area contributed by atoms with Gasteiger partial charge in [0, 0.05) is 17.1 Å². The number of alkyl halides is 6. The molecule has 2 atom stereocenters. The first kappa shape index (κ1) is 29.7. The van der Waals surface area contributed by atoms with Gasteiger partial charge in [-0.1, -0.05) is 23.7 Å². The van der Waals surface area contributed by atoms with E-state index in [9.17, 15) is 45.8 Å². The van der Waals surface area contributed by atoms with E-state index in [1.165, 1.54) is 30.3 Å². The van der Waals surface area contributed by atoms with Crippen molar-refractivity contribution >= 4 is 23.9 Å². The zero-order chi connectivity index (χ0) is 29.0. The Labute approximate surface area is 221 Å². The van der Waals surface area contributed by atoms with Crippen molar-refractivity contribution in [1.29, 1.82) is 0 Å². The predicted molar refractivity (Wildman–Crippen MR) is 125 cm³/mol. The van der Waals surface area contributed by atoms with Gasteiger partial charge in [0.15, 0.2) is 11.9 Å². The van der Waals surface area contributed by atoms with Crippen molar-refractivity contribution in [1.82, 2.24) is 25.0 Å². The van der Waals surface area contributed by atoms with Crippen LogP contribution in [-0.4, -0.2) is 50.6 Å². The zero-order valence-corrected chi connectivity index (χ0v) is 20.4. The molecule has 0 fully saturated rings. The summed E-state index contributed by atoms with van der Waals surface area (Å²) in [6, 6.07) is 8.51. The molecule has 1 heterocycles. The molecule has 0 aliphatic rings. The number of hydrogen-bond acceptors (Lipinski definition) is 5. The molecular weight excluding hydrogens is 560 g/mol. The van der Waals surface area contributed by atoms with Gasteiger partial charge in [-0.15, -0.1) is 5.10 Å². The molecule has 1 aromatic heterocycles. The van der Waals surface area contributed by atoms with Crippen molar-refractivity contribution in [3.63, 3.8) is 0 Å². The summed E-state index contributed by atoms with van der Waals surface area (Å²) in [5.41, 5.74) is -1.91. The second-order valence-electron chi connectivity index (χ2n) is 8.20. The number of hydrogen-bond donors (Lipinski definition) is 3. The fraction of sp³-hybridized carbons (Fsp3) is 0.304. The Bertz CT molecular complexity index is 1370. The van der Waals surface area contributed by atoms with Gasteiger partial charge in [-0.2, -0.15) is 26.3 Å². The minimum absolute atomic E-state index is 0.0323. The molecule has 39 heavy (non-hydrogen) atoms. The number of nitrogens with zero attached hydrogens (tertiary/aromatic N) is 3. The number of aliphatic hydroxyl groups is 1. The van der Waals surface area contributed by atoms with Crippen LogP contribution in [0.5, 0.6) is 0 Å². The number of aliphatic hydroxyl groups excluding tert-OH is 1. The van der Waals surface area contributed by atoms with E-state index in [4.69, 9.17) is 11.6 Å². The summed E-state index contributed by atoms with van der Waals surface area (Å²) in [5, 5.41) is 18.4. The summed E-state index contributed by atoms with van der Waals surface area (Å²) < 4.78 is 79.2. The van der Waals surface area contributed by atoms with Crippen molar-refractivity contribution < 1.29 is 41.0 Å². The van der Waals surface area contributed by atoms with Gasteiger partial charge in [0.25, 0.3) is 0 Å². The van der Waals surface area contributed by atoms with E-state index in [0.717, 1.165) is 18.2 Å². The summed E-state index contributed by atoms with van der Waals surface area (Å²) >= 11 is 5.83. The maximum atomic E-state index is 13.0. The average molecular weight is 580 g/mol. The van der Waals surface area contributed by atoms with Crippen LogP contribution >= 0.6 is 11.6 Å². The second-order valence-corrected chi connectivity index (χ2v) is 8.64. The Balaban J connectivity index is 1.83. The summed E-state index contributed by atoms with van der Waals surface area (Å²) in [5.74, 6) is -1.16. The third kappa shape index (κ3) is 7.60. The Morgan fingerprint density at radius 2 is 1.77 bits per heavy atom. The highest BCUT2D eigenvalue weighted by Gasteiger charge is 2.39. The molecule has 9 nitrogen and oxygen atoms in total. The minimum Gasteiger partial charge on any atom is -0.382 e. The number of carbonyl (C=O) groups is 2. The maximum absolute atomic E-state index is 13.0. The molecule has 0 spiro atoms. The number of nitrogens with one attached hydrogen (secondary N) is 2. The summed E-state index contributed by atoms with van der Waals surface area (Å²) in [6.07, 6.45) is -12.4.